The lowest BCUT2D eigenvalue weighted by Gasteiger charge is -2.17. The predicted octanol–water partition coefficient (Wildman–Crippen LogP) is 4.68. The Morgan fingerprint density at radius 1 is 0.844 bits per heavy atom. The first-order valence-corrected chi connectivity index (χ1v) is 11.8. The zero-order chi connectivity index (χ0) is 23.0. The van der Waals surface area contributed by atoms with Crippen molar-refractivity contribution in [2.24, 2.45) is 0 Å². The van der Waals surface area contributed by atoms with Gasteiger partial charge in [0, 0.05) is 11.4 Å². The fraction of sp³-hybridized carbons (Fsp3) is 0.208. The molecule has 0 radical (unpaired) electrons. The largest absolute Gasteiger partial charge is 0.494 e. The van der Waals surface area contributed by atoms with E-state index < -0.39 is 16.1 Å². The molecule has 0 spiro atoms. The molecule has 168 valence electrons. The van der Waals surface area contributed by atoms with E-state index in [1.807, 2.05) is 32.0 Å². The Labute approximate surface area is 188 Å². The quantitative estimate of drug-likeness (QED) is 0.464. The van der Waals surface area contributed by atoms with Gasteiger partial charge in [-0.3, -0.25) is 9.52 Å². The molecule has 0 heterocycles. The minimum absolute atomic E-state index is 0.0805. The predicted molar refractivity (Wildman–Crippen MR) is 125 cm³/mol. The Morgan fingerprint density at radius 3 is 2.06 bits per heavy atom. The van der Waals surface area contributed by atoms with Gasteiger partial charge in [0.2, 0.25) is 0 Å². The molecule has 1 amide bonds. The van der Waals surface area contributed by atoms with Gasteiger partial charge < -0.3 is 14.8 Å². The smallest absolute Gasteiger partial charge is 0.265 e. The maximum absolute atomic E-state index is 12.7. The van der Waals surface area contributed by atoms with E-state index >= 15 is 0 Å². The van der Waals surface area contributed by atoms with Gasteiger partial charge in [0.05, 0.1) is 11.5 Å². The Morgan fingerprint density at radius 2 is 1.47 bits per heavy atom. The van der Waals surface area contributed by atoms with E-state index in [-0.39, 0.29) is 10.8 Å². The first kappa shape index (κ1) is 23.1. The average molecular weight is 455 g/mol. The van der Waals surface area contributed by atoms with Crippen LogP contribution in [0.2, 0.25) is 0 Å². The summed E-state index contributed by atoms with van der Waals surface area (Å²) in [6.07, 6.45) is -0.179. The van der Waals surface area contributed by atoms with Crippen molar-refractivity contribution in [2.75, 3.05) is 16.6 Å². The molecule has 8 heteroatoms. The van der Waals surface area contributed by atoms with Crippen LogP contribution in [0.5, 0.6) is 11.5 Å². The van der Waals surface area contributed by atoms with Gasteiger partial charge in [0.1, 0.15) is 11.5 Å². The number of carbonyl (C=O) groups is 1. The highest BCUT2D eigenvalue weighted by Gasteiger charge is 2.19. The molecule has 0 aliphatic carbocycles. The number of hydrogen-bond donors (Lipinski definition) is 2. The molecule has 1 atom stereocenters. The SMILES string of the molecule is CCOc1ccc(NS(=O)(=O)c2ccc(NC(=O)C(CC)Oc3ccccc3)cc2)cc1. The second kappa shape index (κ2) is 10.7. The van der Waals surface area contributed by atoms with Gasteiger partial charge in [-0.15, -0.1) is 0 Å². The van der Waals surface area contributed by atoms with Crippen molar-refractivity contribution in [3.05, 3.63) is 78.9 Å². The third-order valence-corrected chi connectivity index (χ3v) is 5.93. The number of sulfonamides is 1. The van der Waals surface area contributed by atoms with Crippen LogP contribution in [0.1, 0.15) is 20.3 Å². The van der Waals surface area contributed by atoms with Gasteiger partial charge in [-0.2, -0.15) is 0 Å². The lowest BCUT2D eigenvalue weighted by atomic mass is 10.2. The third-order valence-electron chi connectivity index (χ3n) is 4.53. The maximum Gasteiger partial charge on any atom is 0.265 e. The second-order valence-corrected chi connectivity index (χ2v) is 8.59. The first-order valence-electron chi connectivity index (χ1n) is 10.3. The van der Waals surface area contributed by atoms with Crippen LogP contribution in [0.3, 0.4) is 0 Å². The monoisotopic (exact) mass is 454 g/mol. The molecule has 2 N–H and O–H groups in total. The van der Waals surface area contributed by atoms with Gasteiger partial charge in [-0.25, -0.2) is 8.42 Å². The third kappa shape index (κ3) is 6.24. The van der Waals surface area contributed by atoms with Crippen molar-refractivity contribution < 1.29 is 22.7 Å². The molecule has 3 rings (SSSR count). The van der Waals surface area contributed by atoms with Crippen molar-refractivity contribution in [3.8, 4) is 11.5 Å². The van der Waals surface area contributed by atoms with E-state index in [9.17, 15) is 13.2 Å². The summed E-state index contributed by atoms with van der Waals surface area (Å²) in [4.78, 5) is 12.6. The Bertz CT molecular complexity index is 1120. The molecular weight excluding hydrogens is 428 g/mol. The molecule has 7 nitrogen and oxygen atoms in total. The number of para-hydroxylation sites is 1. The van der Waals surface area contributed by atoms with Gasteiger partial charge in [-0.05, 0) is 74.0 Å². The number of hydrogen-bond acceptors (Lipinski definition) is 5. The molecule has 0 saturated heterocycles. The van der Waals surface area contributed by atoms with Crippen LogP contribution in [0.15, 0.2) is 83.8 Å². The Hall–Kier alpha value is -3.52. The first-order chi connectivity index (χ1) is 15.4. The van der Waals surface area contributed by atoms with E-state index in [1.54, 1.807) is 48.5 Å². The minimum Gasteiger partial charge on any atom is -0.494 e. The molecule has 0 fully saturated rings. The number of benzene rings is 3. The topological polar surface area (TPSA) is 93.7 Å². The van der Waals surface area contributed by atoms with Crippen LogP contribution >= 0.6 is 0 Å². The average Bonchev–Trinajstić information content (AvgIpc) is 2.80. The summed E-state index contributed by atoms with van der Waals surface area (Å²) in [5.74, 6) is 0.966. The highest BCUT2D eigenvalue weighted by Crippen LogP contribution is 2.21. The fourth-order valence-corrected chi connectivity index (χ4v) is 3.98. The number of ether oxygens (including phenoxy) is 2. The van der Waals surface area contributed by atoms with E-state index in [4.69, 9.17) is 9.47 Å². The van der Waals surface area contributed by atoms with Crippen molar-refractivity contribution in [1.29, 1.82) is 0 Å². The summed E-state index contributed by atoms with van der Waals surface area (Å²) in [7, 11) is -3.77. The molecule has 1 unspecified atom stereocenters. The van der Waals surface area contributed by atoms with Gasteiger partial charge in [0.15, 0.2) is 6.10 Å². The number of nitrogens with one attached hydrogen (secondary N) is 2. The van der Waals surface area contributed by atoms with Gasteiger partial charge in [0.25, 0.3) is 15.9 Å². The second-order valence-electron chi connectivity index (χ2n) is 6.90. The maximum atomic E-state index is 12.7. The summed E-state index contributed by atoms with van der Waals surface area (Å²) >= 11 is 0. The number of anilines is 2. The number of rotatable bonds is 10. The summed E-state index contributed by atoms with van der Waals surface area (Å²) in [5, 5.41) is 2.77. The Balaban J connectivity index is 1.63. The van der Waals surface area contributed by atoms with Crippen LogP contribution in [-0.2, 0) is 14.8 Å². The molecule has 3 aromatic rings. The lowest BCUT2D eigenvalue weighted by Crippen LogP contribution is -2.32. The van der Waals surface area contributed by atoms with Crippen molar-refractivity contribution in [3.63, 3.8) is 0 Å². The molecule has 0 aromatic heterocycles. The van der Waals surface area contributed by atoms with E-state index in [1.165, 1.54) is 12.1 Å². The molecule has 32 heavy (non-hydrogen) atoms. The van der Waals surface area contributed by atoms with Crippen molar-refractivity contribution in [2.45, 2.75) is 31.3 Å². The van der Waals surface area contributed by atoms with E-state index in [2.05, 4.69) is 10.0 Å². The van der Waals surface area contributed by atoms with E-state index in [0.29, 0.717) is 35.9 Å². The molecule has 0 aliphatic heterocycles. The zero-order valence-electron chi connectivity index (χ0n) is 17.9. The highest BCUT2D eigenvalue weighted by molar-refractivity contribution is 7.92. The van der Waals surface area contributed by atoms with Gasteiger partial charge >= 0.3 is 0 Å². The zero-order valence-corrected chi connectivity index (χ0v) is 18.8. The molecule has 0 bridgehead atoms. The van der Waals surface area contributed by atoms with Crippen molar-refractivity contribution >= 4 is 27.3 Å². The van der Waals surface area contributed by atoms with Gasteiger partial charge in [-0.1, -0.05) is 25.1 Å². The normalized spacial score (nSPS) is 11.9. The van der Waals surface area contributed by atoms with Crippen LogP contribution in [0.4, 0.5) is 11.4 Å². The van der Waals surface area contributed by atoms with Crippen LogP contribution in [-0.4, -0.2) is 27.0 Å². The molecular formula is C24H26N2O5S. The summed E-state index contributed by atoms with van der Waals surface area (Å²) in [6, 6.07) is 21.7. The molecule has 0 saturated carbocycles. The van der Waals surface area contributed by atoms with E-state index in [0.717, 1.165) is 0 Å². The van der Waals surface area contributed by atoms with Crippen LogP contribution in [0, 0.1) is 0 Å². The molecule has 0 aliphatic rings. The standard InChI is InChI=1S/C24H26N2O5S/c1-3-23(31-21-8-6-5-7-9-21)24(27)25-18-12-16-22(17-13-18)32(28,29)26-19-10-14-20(15-11-19)30-4-2/h5-17,23,26H,3-4H2,1-2H3,(H,25,27). The molecule has 3 aromatic carbocycles. The highest BCUT2D eigenvalue weighted by atomic mass is 32.2. The van der Waals surface area contributed by atoms with Crippen molar-refractivity contribution in [1.82, 2.24) is 0 Å². The number of amides is 1. The number of carbonyl (C=O) groups excluding carboxylic acids is 1. The summed E-state index contributed by atoms with van der Waals surface area (Å²) in [5.41, 5.74) is 0.903. The van der Waals surface area contributed by atoms with Crippen LogP contribution in [0.25, 0.3) is 0 Å². The Kier molecular flexibility index (Phi) is 7.72. The fourth-order valence-electron chi connectivity index (χ4n) is 2.93. The minimum atomic E-state index is -3.77. The summed E-state index contributed by atoms with van der Waals surface area (Å²) in [6.45, 7) is 4.27. The lowest BCUT2D eigenvalue weighted by molar-refractivity contribution is -0.122. The summed E-state index contributed by atoms with van der Waals surface area (Å²) < 4.78 is 38.9. The van der Waals surface area contributed by atoms with Crippen LogP contribution < -0.4 is 19.5 Å².